The number of hydrogen-bond donors (Lipinski definition) is 1. The van der Waals surface area contributed by atoms with Crippen LogP contribution in [0.5, 0.6) is 5.75 Å². The van der Waals surface area contributed by atoms with Gasteiger partial charge in [0.05, 0.1) is 7.11 Å². The van der Waals surface area contributed by atoms with Gasteiger partial charge in [-0.2, -0.15) is 0 Å². The molecule has 3 nitrogen and oxygen atoms in total. The lowest BCUT2D eigenvalue weighted by Gasteiger charge is -2.30. The van der Waals surface area contributed by atoms with Gasteiger partial charge in [0.2, 0.25) is 0 Å². The van der Waals surface area contributed by atoms with Crippen LogP contribution in [0, 0.1) is 0 Å². The molecule has 1 aliphatic heterocycles. The Bertz CT molecular complexity index is 346. The first kappa shape index (κ1) is 11.3. The fourth-order valence-electron chi connectivity index (χ4n) is 2.16. The van der Waals surface area contributed by atoms with E-state index in [4.69, 9.17) is 4.74 Å². The van der Waals surface area contributed by atoms with Crippen molar-refractivity contribution in [3.63, 3.8) is 0 Å². The molecule has 2 rings (SSSR count). The molecule has 1 fully saturated rings. The molecule has 0 bridgehead atoms. The minimum Gasteiger partial charge on any atom is -0.496 e. The highest BCUT2D eigenvalue weighted by Gasteiger charge is 2.11. The van der Waals surface area contributed by atoms with Crippen molar-refractivity contribution in [2.75, 3.05) is 38.2 Å². The van der Waals surface area contributed by atoms with Crippen LogP contribution >= 0.6 is 0 Å². The Morgan fingerprint density at radius 1 is 1.31 bits per heavy atom. The average molecular weight is 220 g/mol. The molecule has 1 N–H and O–H groups in total. The highest BCUT2D eigenvalue weighted by Crippen LogP contribution is 2.25. The summed E-state index contributed by atoms with van der Waals surface area (Å²) >= 11 is 0. The van der Waals surface area contributed by atoms with Crippen LogP contribution < -0.4 is 15.0 Å². The van der Waals surface area contributed by atoms with Crippen LogP contribution in [0.2, 0.25) is 0 Å². The lowest BCUT2D eigenvalue weighted by atomic mass is 10.1. The van der Waals surface area contributed by atoms with Crippen LogP contribution in [0.3, 0.4) is 0 Å². The molecule has 0 spiro atoms. The Morgan fingerprint density at radius 2 is 2.06 bits per heavy atom. The van der Waals surface area contributed by atoms with E-state index in [-0.39, 0.29) is 0 Å². The predicted octanol–water partition coefficient (Wildman–Crippen LogP) is 1.67. The molecule has 3 heteroatoms. The van der Waals surface area contributed by atoms with Crippen molar-refractivity contribution >= 4 is 5.69 Å². The molecule has 1 aromatic rings. The SMILES string of the molecule is CCc1cc(N2CCNCC2)ccc1OC. The van der Waals surface area contributed by atoms with Crippen LogP contribution in [0.1, 0.15) is 12.5 Å². The topological polar surface area (TPSA) is 24.5 Å². The number of ether oxygens (including phenoxy) is 1. The number of anilines is 1. The Labute approximate surface area is 97.4 Å². The van der Waals surface area contributed by atoms with E-state index in [2.05, 4.69) is 35.3 Å². The zero-order valence-corrected chi connectivity index (χ0v) is 10.1. The maximum atomic E-state index is 5.35. The smallest absolute Gasteiger partial charge is 0.122 e. The first-order valence-electron chi connectivity index (χ1n) is 5.97. The molecule has 88 valence electrons. The second kappa shape index (κ2) is 5.21. The molecule has 0 aromatic heterocycles. The quantitative estimate of drug-likeness (QED) is 0.838. The predicted molar refractivity (Wildman–Crippen MR) is 67.5 cm³/mol. The van der Waals surface area contributed by atoms with Gasteiger partial charge in [-0.25, -0.2) is 0 Å². The lowest BCUT2D eigenvalue weighted by molar-refractivity contribution is 0.410. The van der Waals surface area contributed by atoms with Crippen LogP contribution in [-0.4, -0.2) is 33.3 Å². The van der Waals surface area contributed by atoms with E-state index in [1.54, 1.807) is 7.11 Å². The molecule has 0 aliphatic carbocycles. The summed E-state index contributed by atoms with van der Waals surface area (Å²) in [5.41, 5.74) is 2.61. The summed E-state index contributed by atoms with van der Waals surface area (Å²) < 4.78 is 5.35. The van der Waals surface area contributed by atoms with Gasteiger partial charge in [0.15, 0.2) is 0 Å². The second-order valence-corrected chi connectivity index (χ2v) is 4.09. The minimum atomic E-state index is 1.00. The summed E-state index contributed by atoms with van der Waals surface area (Å²) in [6.07, 6.45) is 1.02. The van der Waals surface area contributed by atoms with Gasteiger partial charge in [-0.15, -0.1) is 0 Å². The zero-order chi connectivity index (χ0) is 11.4. The zero-order valence-electron chi connectivity index (χ0n) is 10.1. The Morgan fingerprint density at radius 3 is 2.69 bits per heavy atom. The lowest BCUT2D eigenvalue weighted by Crippen LogP contribution is -2.43. The first-order chi connectivity index (χ1) is 7.85. The molecule has 1 heterocycles. The minimum absolute atomic E-state index is 1.00. The van der Waals surface area contributed by atoms with E-state index in [1.807, 2.05) is 0 Å². The highest BCUT2D eigenvalue weighted by molar-refractivity contribution is 5.53. The summed E-state index contributed by atoms with van der Waals surface area (Å²) in [6.45, 7) is 6.51. The summed E-state index contributed by atoms with van der Waals surface area (Å²) in [6, 6.07) is 6.49. The summed E-state index contributed by atoms with van der Waals surface area (Å²) in [5, 5.41) is 3.37. The van der Waals surface area contributed by atoms with Crippen molar-refractivity contribution in [3.05, 3.63) is 23.8 Å². The van der Waals surface area contributed by atoms with Gasteiger partial charge in [-0.1, -0.05) is 6.92 Å². The highest BCUT2D eigenvalue weighted by atomic mass is 16.5. The number of rotatable bonds is 3. The van der Waals surface area contributed by atoms with Crippen LogP contribution in [0.15, 0.2) is 18.2 Å². The van der Waals surface area contributed by atoms with E-state index in [0.717, 1.165) is 38.3 Å². The third kappa shape index (κ3) is 2.30. The van der Waals surface area contributed by atoms with Crippen molar-refractivity contribution < 1.29 is 4.74 Å². The molecule has 0 atom stereocenters. The molecular weight excluding hydrogens is 200 g/mol. The summed E-state index contributed by atoms with van der Waals surface area (Å²) in [4.78, 5) is 2.43. The third-order valence-electron chi connectivity index (χ3n) is 3.13. The molecule has 0 saturated carbocycles. The van der Waals surface area contributed by atoms with Gasteiger partial charge in [-0.05, 0) is 30.2 Å². The molecule has 0 amide bonds. The fourth-order valence-corrected chi connectivity index (χ4v) is 2.16. The van der Waals surface area contributed by atoms with Crippen molar-refractivity contribution in [1.82, 2.24) is 5.32 Å². The molecule has 1 saturated heterocycles. The van der Waals surface area contributed by atoms with Crippen molar-refractivity contribution in [1.29, 1.82) is 0 Å². The van der Waals surface area contributed by atoms with E-state index >= 15 is 0 Å². The molecule has 0 radical (unpaired) electrons. The maximum Gasteiger partial charge on any atom is 0.122 e. The van der Waals surface area contributed by atoms with E-state index in [0.29, 0.717) is 0 Å². The average Bonchev–Trinajstić information content (AvgIpc) is 2.39. The van der Waals surface area contributed by atoms with E-state index in [1.165, 1.54) is 11.3 Å². The van der Waals surface area contributed by atoms with Crippen LogP contribution in [0.4, 0.5) is 5.69 Å². The standard InChI is InChI=1S/C13H20N2O/c1-3-11-10-12(4-5-13(11)16-2)15-8-6-14-7-9-15/h4-5,10,14H,3,6-9H2,1-2H3. The monoisotopic (exact) mass is 220 g/mol. The molecule has 1 aliphatic rings. The Balaban J connectivity index is 2.20. The number of methoxy groups -OCH3 is 1. The third-order valence-corrected chi connectivity index (χ3v) is 3.13. The number of piperazine rings is 1. The molecule has 16 heavy (non-hydrogen) atoms. The number of hydrogen-bond acceptors (Lipinski definition) is 3. The summed E-state index contributed by atoms with van der Waals surface area (Å²) in [7, 11) is 1.74. The van der Waals surface area contributed by atoms with Crippen molar-refractivity contribution in [2.24, 2.45) is 0 Å². The van der Waals surface area contributed by atoms with E-state index < -0.39 is 0 Å². The van der Waals surface area contributed by atoms with E-state index in [9.17, 15) is 0 Å². The number of benzene rings is 1. The van der Waals surface area contributed by atoms with Gasteiger partial charge in [-0.3, -0.25) is 0 Å². The Kier molecular flexibility index (Phi) is 3.67. The maximum absolute atomic E-state index is 5.35. The fraction of sp³-hybridized carbons (Fsp3) is 0.538. The number of aryl methyl sites for hydroxylation is 1. The van der Waals surface area contributed by atoms with Gasteiger partial charge < -0.3 is 15.0 Å². The number of nitrogens with one attached hydrogen (secondary N) is 1. The Hall–Kier alpha value is -1.22. The largest absolute Gasteiger partial charge is 0.496 e. The first-order valence-corrected chi connectivity index (χ1v) is 5.97. The second-order valence-electron chi connectivity index (χ2n) is 4.09. The molecule has 1 aromatic carbocycles. The van der Waals surface area contributed by atoms with Gasteiger partial charge in [0.25, 0.3) is 0 Å². The van der Waals surface area contributed by atoms with Crippen LogP contribution in [0.25, 0.3) is 0 Å². The summed E-state index contributed by atoms with van der Waals surface area (Å²) in [5.74, 6) is 1.00. The normalized spacial score (nSPS) is 16.2. The molecule has 0 unspecified atom stereocenters. The van der Waals surface area contributed by atoms with Gasteiger partial charge in [0.1, 0.15) is 5.75 Å². The van der Waals surface area contributed by atoms with Crippen LogP contribution in [-0.2, 0) is 6.42 Å². The van der Waals surface area contributed by atoms with Crippen molar-refractivity contribution in [2.45, 2.75) is 13.3 Å². The number of nitrogens with zero attached hydrogens (tertiary/aromatic N) is 1. The van der Waals surface area contributed by atoms with Crippen molar-refractivity contribution in [3.8, 4) is 5.75 Å². The molecular formula is C13H20N2O. The van der Waals surface area contributed by atoms with Gasteiger partial charge >= 0.3 is 0 Å². The van der Waals surface area contributed by atoms with Gasteiger partial charge in [0, 0.05) is 31.9 Å².